The Kier molecular flexibility index (Phi) is 5.51. The van der Waals surface area contributed by atoms with E-state index in [1.165, 1.54) is 16.5 Å². The maximum absolute atomic E-state index is 4.55. The third-order valence-corrected chi connectivity index (χ3v) is 3.61. The molecule has 0 spiro atoms. The average molecular weight is 282 g/mol. The lowest BCUT2D eigenvalue weighted by Crippen LogP contribution is -2.20. The highest BCUT2D eigenvalue weighted by Crippen LogP contribution is 2.20. The van der Waals surface area contributed by atoms with Crippen molar-refractivity contribution in [2.75, 3.05) is 13.1 Å². The number of hydrogen-bond donors (Lipinski definition) is 1. The van der Waals surface area contributed by atoms with Gasteiger partial charge in [-0.25, -0.2) is 0 Å². The van der Waals surface area contributed by atoms with Gasteiger partial charge in [0, 0.05) is 11.1 Å². The summed E-state index contributed by atoms with van der Waals surface area (Å²) in [7, 11) is 0. The van der Waals surface area contributed by atoms with Gasteiger partial charge in [0.1, 0.15) is 0 Å². The van der Waals surface area contributed by atoms with Crippen LogP contribution in [0.3, 0.4) is 0 Å². The lowest BCUT2D eigenvalue weighted by molar-refractivity contribution is 0.557. The van der Waals surface area contributed by atoms with Gasteiger partial charge < -0.3 is 5.32 Å². The fraction of sp³-hybridized carbons (Fsp3) is 0.421. The standard InChI is InChI=1S/C19H26N2/c1-14(2)13-20-11-5-6-15(3)17-9-10-19-18(12-17)8-7-16(4)21-19/h6-10,12,14,20H,5,11,13H2,1-4H3/b15-6-. The molecule has 2 aromatic rings. The van der Waals surface area contributed by atoms with Crippen molar-refractivity contribution >= 4 is 16.5 Å². The summed E-state index contributed by atoms with van der Waals surface area (Å²) in [6.07, 6.45) is 3.39. The molecule has 1 heterocycles. The minimum atomic E-state index is 0.714. The molecule has 0 saturated carbocycles. The van der Waals surface area contributed by atoms with Crippen LogP contribution in [0, 0.1) is 12.8 Å². The number of fused-ring (bicyclic) bond motifs is 1. The number of aryl methyl sites for hydroxylation is 1. The molecule has 21 heavy (non-hydrogen) atoms. The molecule has 0 bridgehead atoms. The molecule has 112 valence electrons. The van der Waals surface area contributed by atoms with Gasteiger partial charge in [-0.15, -0.1) is 0 Å². The van der Waals surface area contributed by atoms with E-state index < -0.39 is 0 Å². The maximum Gasteiger partial charge on any atom is 0.0705 e. The van der Waals surface area contributed by atoms with Gasteiger partial charge >= 0.3 is 0 Å². The molecular formula is C19H26N2. The van der Waals surface area contributed by atoms with Gasteiger partial charge in [0.05, 0.1) is 5.52 Å². The van der Waals surface area contributed by atoms with Gasteiger partial charge in [-0.3, -0.25) is 4.98 Å². The molecule has 0 radical (unpaired) electrons. The SMILES string of the molecule is C/C(=C/CCNCC(C)C)c1ccc2nc(C)ccc2c1. The third-order valence-electron chi connectivity index (χ3n) is 3.61. The van der Waals surface area contributed by atoms with Crippen LogP contribution in [0.25, 0.3) is 16.5 Å². The quantitative estimate of drug-likeness (QED) is 0.784. The number of benzene rings is 1. The first kappa shape index (κ1) is 15.7. The van der Waals surface area contributed by atoms with Gasteiger partial charge in [0.2, 0.25) is 0 Å². The molecule has 0 aliphatic carbocycles. The number of hydrogen-bond acceptors (Lipinski definition) is 2. The predicted octanol–water partition coefficient (Wildman–Crippen LogP) is 4.58. The molecule has 0 saturated heterocycles. The number of rotatable bonds is 6. The fourth-order valence-corrected chi connectivity index (χ4v) is 2.37. The van der Waals surface area contributed by atoms with Crippen molar-refractivity contribution < 1.29 is 0 Å². The lowest BCUT2D eigenvalue weighted by Gasteiger charge is -2.07. The van der Waals surface area contributed by atoms with Gasteiger partial charge in [-0.1, -0.05) is 32.1 Å². The predicted molar refractivity (Wildman–Crippen MR) is 92.5 cm³/mol. The van der Waals surface area contributed by atoms with Gasteiger partial charge in [0.25, 0.3) is 0 Å². The Hall–Kier alpha value is -1.67. The van der Waals surface area contributed by atoms with Crippen molar-refractivity contribution in [3.63, 3.8) is 0 Å². The van der Waals surface area contributed by atoms with Crippen LogP contribution in [-0.4, -0.2) is 18.1 Å². The monoisotopic (exact) mass is 282 g/mol. The van der Waals surface area contributed by atoms with Crippen LogP contribution in [0.2, 0.25) is 0 Å². The van der Waals surface area contributed by atoms with E-state index in [0.717, 1.165) is 30.7 Å². The smallest absolute Gasteiger partial charge is 0.0705 e. The van der Waals surface area contributed by atoms with Crippen molar-refractivity contribution in [1.82, 2.24) is 10.3 Å². The first-order chi connectivity index (χ1) is 10.1. The van der Waals surface area contributed by atoms with Crippen LogP contribution in [0.15, 0.2) is 36.4 Å². The van der Waals surface area contributed by atoms with Crippen LogP contribution in [-0.2, 0) is 0 Å². The van der Waals surface area contributed by atoms with E-state index in [2.05, 4.69) is 67.5 Å². The first-order valence-electron chi connectivity index (χ1n) is 7.81. The molecule has 2 heteroatoms. The van der Waals surface area contributed by atoms with E-state index in [1.54, 1.807) is 0 Å². The number of nitrogens with one attached hydrogen (secondary N) is 1. The molecule has 0 fully saturated rings. The summed E-state index contributed by atoms with van der Waals surface area (Å²) < 4.78 is 0. The zero-order valence-electron chi connectivity index (χ0n) is 13.6. The van der Waals surface area contributed by atoms with Crippen LogP contribution in [0.4, 0.5) is 0 Å². The Labute approximate surface area is 128 Å². The number of pyridine rings is 1. The van der Waals surface area contributed by atoms with Crippen LogP contribution in [0.1, 0.15) is 38.4 Å². The largest absolute Gasteiger partial charge is 0.316 e. The van der Waals surface area contributed by atoms with Crippen molar-refractivity contribution in [2.24, 2.45) is 5.92 Å². The number of allylic oxidation sites excluding steroid dienone is 1. The molecule has 0 unspecified atom stereocenters. The highest BCUT2D eigenvalue weighted by Gasteiger charge is 2.00. The zero-order valence-corrected chi connectivity index (χ0v) is 13.6. The first-order valence-corrected chi connectivity index (χ1v) is 7.81. The molecule has 0 atom stereocenters. The fourth-order valence-electron chi connectivity index (χ4n) is 2.37. The number of aromatic nitrogens is 1. The minimum absolute atomic E-state index is 0.714. The summed E-state index contributed by atoms with van der Waals surface area (Å²) in [6, 6.07) is 10.7. The normalized spacial score (nSPS) is 12.3. The van der Waals surface area contributed by atoms with E-state index in [4.69, 9.17) is 0 Å². The van der Waals surface area contributed by atoms with E-state index in [9.17, 15) is 0 Å². The summed E-state index contributed by atoms with van der Waals surface area (Å²) >= 11 is 0. The zero-order chi connectivity index (χ0) is 15.2. The molecule has 0 aliphatic rings. The Balaban J connectivity index is 2.01. The molecule has 0 aliphatic heterocycles. The molecule has 1 aromatic carbocycles. The Morgan fingerprint density at radius 1 is 1.24 bits per heavy atom. The van der Waals surface area contributed by atoms with Crippen molar-refractivity contribution in [1.29, 1.82) is 0 Å². The summed E-state index contributed by atoms with van der Waals surface area (Å²) in [5, 5.41) is 4.68. The van der Waals surface area contributed by atoms with Gasteiger partial charge in [-0.05, 0) is 68.6 Å². The van der Waals surface area contributed by atoms with E-state index in [1.807, 2.05) is 6.92 Å². The van der Waals surface area contributed by atoms with Gasteiger partial charge in [0.15, 0.2) is 0 Å². The summed E-state index contributed by atoms with van der Waals surface area (Å²) in [5.74, 6) is 0.714. The summed E-state index contributed by atoms with van der Waals surface area (Å²) in [4.78, 5) is 4.55. The molecule has 0 amide bonds. The lowest BCUT2D eigenvalue weighted by atomic mass is 10.0. The Morgan fingerprint density at radius 3 is 2.81 bits per heavy atom. The van der Waals surface area contributed by atoms with Crippen molar-refractivity contribution in [3.8, 4) is 0 Å². The molecular weight excluding hydrogens is 256 g/mol. The Bertz CT molecular complexity index is 626. The van der Waals surface area contributed by atoms with Crippen LogP contribution in [0.5, 0.6) is 0 Å². The second-order valence-electron chi connectivity index (χ2n) is 6.13. The van der Waals surface area contributed by atoms with Crippen molar-refractivity contribution in [2.45, 2.75) is 34.1 Å². The van der Waals surface area contributed by atoms with Crippen LogP contribution < -0.4 is 5.32 Å². The minimum Gasteiger partial charge on any atom is -0.316 e. The van der Waals surface area contributed by atoms with Crippen molar-refractivity contribution in [3.05, 3.63) is 47.7 Å². The van der Waals surface area contributed by atoms with E-state index >= 15 is 0 Å². The summed E-state index contributed by atoms with van der Waals surface area (Å²) in [5.41, 5.74) is 4.77. The average Bonchev–Trinajstić information content (AvgIpc) is 2.45. The maximum atomic E-state index is 4.55. The molecule has 1 aromatic heterocycles. The van der Waals surface area contributed by atoms with E-state index in [-0.39, 0.29) is 0 Å². The molecule has 2 nitrogen and oxygen atoms in total. The number of nitrogens with zero attached hydrogens (tertiary/aromatic N) is 1. The second kappa shape index (κ2) is 7.37. The van der Waals surface area contributed by atoms with Crippen LogP contribution >= 0.6 is 0 Å². The van der Waals surface area contributed by atoms with Gasteiger partial charge in [-0.2, -0.15) is 0 Å². The summed E-state index contributed by atoms with van der Waals surface area (Å²) in [6.45, 7) is 10.8. The second-order valence-corrected chi connectivity index (χ2v) is 6.13. The third kappa shape index (κ3) is 4.68. The molecule has 1 N–H and O–H groups in total. The highest BCUT2D eigenvalue weighted by molar-refractivity contribution is 5.83. The Morgan fingerprint density at radius 2 is 2.05 bits per heavy atom. The topological polar surface area (TPSA) is 24.9 Å². The highest BCUT2D eigenvalue weighted by atomic mass is 14.8. The molecule has 2 rings (SSSR count). The van der Waals surface area contributed by atoms with E-state index in [0.29, 0.717) is 5.92 Å².